The minimum atomic E-state index is -4.64. The van der Waals surface area contributed by atoms with Crippen molar-refractivity contribution in [1.82, 2.24) is 4.90 Å². The van der Waals surface area contributed by atoms with Gasteiger partial charge in [-0.1, -0.05) is 0 Å². The maximum atomic E-state index is 13.0. The van der Waals surface area contributed by atoms with Crippen molar-refractivity contribution in [2.75, 3.05) is 6.54 Å². The predicted octanol–water partition coefficient (Wildman–Crippen LogP) is 3.40. The first-order valence-corrected chi connectivity index (χ1v) is 8.03. The lowest BCUT2D eigenvalue weighted by Gasteiger charge is -2.43. The van der Waals surface area contributed by atoms with Crippen LogP contribution in [0.2, 0.25) is 0 Å². The summed E-state index contributed by atoms with van der Waals surface area (Å²) in [7, 11) is -4.64. The lowest BCUT2D eigenvalue weighted by molar-refractivity contribution is -0.185. The van der Waals surface area contributed by atoms with Crippen molar-refractivity contribution < 1.29 is 50.0 Å². The highest BCUT2D eigenvalue weighted by Crippen LogP contribution is 2.36. The Bertz CT molecular complexity index is 415. The van der Waals surface area contributed by atoms with Gasteiger partial charge in [0.15, 0.2) is 0 Å². The van der Waals surface area contributed by atoms with E-state index in [9.17, 15) is 30.7 Å². The van der Waals surface area contributed by atoms with Gasteiger partial charge in [0.1, 0.15) is 0 Å². The monoisotopic (exact) mass is 395 g/mol. The fourth-order valence-electron chi connectivity index (χ4n) is 2.04. The van der Waals surface area contributed by atoms with E-state index in [4.69, 9.17) is 19.2 Å². The molecule has 0 saturated carbocycles. The van der Waals surface area contributed by atoms with Crippen molar-refractivity contribution >= 4 is 7.82 Å². The summed E-state index contributed by atoms with van der Waals surface area (Å²) in [5.74, 6) is -4.32. The molecule has 0 radical (unpaired) electrons. The number of phosphoric acid groups is 1. The second kappa shape index (κ2) is 8.79. The second-order valence-electron chi connectivity index (χ2n) is 5.90. The minimum absolute atomic E-state index is 0.704. The Morgan fingerprint density at radius 1 is 1.00 bits per heavy atom. The molecule has 0 aromatic rings. The number of hydrogen-bond acceptors (Lipinski definition) is 2. The number of alkyl halides is 7. The molecule has 0 amide bonds. The SMILES string of the molecule is CC(C)N(CC(F)(F)F)C(C)(C)CC(F)(F)C(F)F.O=P(O)(O)O. The Morgan fingerprint density at radius 3 is 1.54 bits per heavy atom. The Hall–Kier alpha value is -0.420. The lowest BCUT2D eigenvalue weighted by Crippen LogP contribution is -2.54. The molecule has 0 heterocycles. The van der Waals surface area contributed by atoms with Gasteiger partial charge in [-0.05, 0) is 27.7 Å². The molecule has 0 rings (SSSR count). The van der Waals surface area contributed by atoms with Crippen molar-refractivity contribution in [3.63, 3.8) is 0 Å². The van der Waals surface area contributed by atoms with Gasteiger partial charge in [-0.3, -0.25) is 4.90 Å². The fourth-order valence-corrected chi connectivity index (χ4v) is 2.04. The van der Waals surface area contributed by atoms with E-state index in [1.54, 1.807) is 0 Å². The van der Waals surface area contributed by atoms with E-state index in [2.05, 4.69) is 0 Å². The molecule has 148 valence electrons. The smallest absolute Gasteiger partial charge is 0.303 e. The van der Waals surface area contributed by atoms with Crippen molar-refractivity contribution in [1.29, 1.82) is 0 Å². The van der Waals surface area contributed by atoms with Crippen LogP contribution in [0.5, 0.6) is 0 Å². The molecule has 0 spiro atoms. The standard InChI is InChI=1S/C11H18F7N.H3O4P/c1-7(2)19(6-11(16,17)18)9(3,4)5-10(14,15)8(12)13;1-5(2,3)4/h7-8H,5-6H2,1-4H3;(H3,1,2,3,4). The van der Waals surface area contributed by atoms with Crippen LogP contribution in [0, 0.1) is 0 Å². The molecule has 0 unspecified atom stereocenters. The van der Waals surface area contributed by atoms with E-state index in [1.165, 1.54) is 13.8 Å². The summed E-state index contributed by atoms with van der Waals surface area (Å²) in [4.78, 5) is 22.3. The molecule has 3 N–H and O–H groups in total. The van der Waals surface area contributed by atoms with E-state index in [1.807, 2.05) is 0 Å². The van der Waals surface area contributed by atoms with Crippen molar-refractivity contribution in [3.8, 4) is 0 Å². The summed E-state index contributed by atoms with van der Waals surface area (Å²) in [5, 5.41) is 0. The molecule has 24 heavy (non-hydrogen) atoms. The van der Waals surface area contributed by atoms with Crippen molar-refractivity contribution in [2.45, 2.75) is 64.2 Å². The number of nitrogens with zero attached hydrogens (tertiary/aromatic N) is 1. The zero-order valence-corrected chi connectivity index (χ0v) is 14.3. The average Bonchev–Trinajstić information content (AvgIpc) is 2.19. The van der Waals surface area contributed by atoms with Gasteiger partial charge in [0.25, 0.3) is 0 Å². The van der Waals surface area contributed by atoms with E-state index in [0.717, 1.165) is 18.7 Å². The molecule has 0 bridgehead atoms. The van der Waals surface area contributed by atoms with Crippen molar-refractivity contribution in [3.05, 3.63) is 0 Å². The van der Waals surface area contributed by atoms with Crippen LogP contribution in [-0.2, 0) is 4.57 Å². The third kappa shape index (κ3) is 12.9. The summed E-state index contributed by atoms with van der Waals surface area (Å²) in [6, 6.07) is -0.704. The van der Waals surface area contributed by atoms with Gasteiger partial charge in [-0.25, -0.2) is 22.1 Å². The minimum Gasteiger partial charge on any atom is -0.303 e. The van der Waals surface area contributed by atoms with Gasteiger partial charge in [-0.15, -0.1) is 0 Å². The number of rotatable bonds is 6. The summed E-state index contributed by atoms with van der Waals surface area (Å²) in [6.45, 7) is 3.59. The van der Waals surface area contributed by atoms with Gasteiger partial charge in [0, 0.05) is 18.0 Å². The van der Waals surface area contributed by atoms with Gasteiger partial charge >= 0.3 is 26.3 Å². The molecule has 13 heteroatoms. The zero-order chi connectivity index (χ0) is 20.1. The van der Waals surface area contributed by atoms with Gasteiger partial charge in [-0.2, -0.15) is 13.2 Å². The van der Waals surface area contributed by atoms with E-state index in [-0.39, 0.29) is 0 Å². The fraction of sp³-hybridized carbons (Fsp3) is 1.00. The van der Waals surface area contributed by atoms with Crippen molar-refractivity contribution in [2.24, 2.45) is 0 Å². The summed E-state index contributed by atoms with van der Waals surface area (Å²) < 4.78 is 96.5. The van der Waals surface area contributed by atoms with Crippen LogP contribution >= 0.6 is 7.82 Å². The molecule has 0 aliphatic carbocycles. The first-order valence-electron chi connectivity index (χ1n) is 6.47. The van der Waals surface area contributed by atoms with Crippen LogP contribution in [0.25, 0.3) is 0 Å². The average molecular weight is 395 g/mol. The highest BCUT2D eigenvalue weighted by Gasteiger charge is 2.49. The van der Waals surface area contributed by atoms with Crippen LogP contribution < -0.4 is 0 Å². The topological polar surface area (TPSA) is 81.0 Å². The third-order valence-corrected chi connectivity index (χ3v) is 2.74. The molecule has 5 nitrogen and oxygen atoms in total. The summed E-state index contributed by atoms with van der Waals surface area (Å²) in [5.41, 5.74) is -1.70. The molecule has 0 aromatic heterocycles. The highest BCUT2D eigenvalue weighted by atomic mass is 31.2. The molecule has 0 aliphatic heterocycles. The Labute approximate surface area is 134 Å². The number of hydrogen-bond donors (Lipinski definition) is 3. The van der Waals surface area contributed by atoms with Crippen LogP contribution in [0.3, 0.4) is 0 Å². The largest absolute Gasteiger partial charge is 0.466 e. The van der Waals surface area contributed by atoms with E-state index >= 15 is 0 Å². The third-order valence-electron chi connectivity index (χ3n) is 2.74. The number of halogens is 7. The zero-order valence-electron chi connectivity index (χ0n) is 13.4. The molecule has 0 aromatic carbocycles. The first-order chi connectivity index (χ1) is 10.2. The lowest BCUT2D eigenvalue weighted by atomic mass is 9.92. The molecule has 0 atom stereocenters. The maximum absolute atomic E-state index is 13.0. The van der Waals surface area contributed by atoms with Crippen LogP contribution in [0.15, 0.2) is 0 Å². The predicted molar refractivity (Wildman–Crippen MR) is 71.8 cm³/mol. The summed E-state index contributed by atoms with van der Waals surface area (Å²) in [6.07, 6.45) is -9.82. The molecule has 0 aliphatic rings. The quantitative estimate of drug-likeness (QED) is 0.475. The van der Waals surface area contributed by atoms with Gasteiger partial charge in [0.2, 0.25) is 0 Å². The Morgan fingerprint density at radius 2 is 1.33 bits per heavy atom. The molecular weight excluding hydrogens is 374 g/mol. The van der Waals surface area contributed by atoms with E-state index < -0.39 is 50.9 Å². The molecular formula is C11H21F7NO4P. The second-order valence-corrected chi connectivity index (χ2v) is 6.93. The van der Waals surface area contributed by atoms with Crippen LogP contribution in [-0.4, -0.2) is 56.2 Å². The van der Waals surface area contributed by atoms with E-state index in [0.29, 0.717) is 0 Å². The summed E-state index contributed by atoms with van der Waals surface area (Å²) >= 11 is 0. The Kier molecular flexibility index (Phi) is 9.46. The first kappa shape index (κ1) is 25.8. The van der Waals surface area contributed by atoms with Gasteiger partial charge < -0.3 is 14.7 Å². The van der Waals surface area contributed by atoms with Crippen LogP contribution in [0.4, 0.5) is 30.7 Å². The van der Waals surface area contributed by atoms with Crippen LogP contribution in [0.1, 0.15) is 34.1 Å². The maximum Gasteiger partial charge on any atom is 0.466 e. The Balaban J connectivity index is 0. The van der Waals surface area contributed by atoms with Gasteiger partial charge in [0.05, 0.1) is 6.54 Å². The normalized spacial score (nSPS) is 14.2. The molecule has 0 saturated heterocycles. The molecule has 0 fully saturated rings. The highest BCUT2D eigenvalue weighted by molar-refractivity contribution is 7.45.